The summed E-state index contributed by atoms with van der Waals surface area (Å²) in [5, 5.41) is 8.15. The Labute approximate surface area is 267 Å². The number of pyridine rings is 3. The summed E-state index contributed by atoms with van der Waals surface area (Å²) in [6.07, 6.45) is 5.54. The van der Waals surface area contributed by atoms with E-state index in [0.717, 1.165) is 60.9 Å². The summed E-state index contributed by atoms with van der Waals surface area (Å²) in [5.74, 6) is 0. The van der Waals surface area contributed by atoms with Crippen LogP contribution in [0.25, 0.3) is 93.5 Å². The minimum absolute atomic E-state index is 0.876. The summed E-state index contributed by atoms with van der Waals surface area (Å²) in [6, 6.07) is 45.7. The third-order valence-corrected chi connectivity index (χ3v) is 9.71. The Morgan fingerprint density at radius 2 is 1.04 bits per heavy atom. The fourth-order valence-electron chi connectivity index (χ4n) is 7.75. The Balaban J connectivity index is 1.38. The first-order valence-electron chi connectivity index (χ1n) is 15.8. The van der Waals surface area contributed by atoms with Gasteiger partial charge in [-0.15, -0.1) is 0 Å². The van der Waals surface area contributed by atoms with Gasteiger partial charge in [0, 0.05) is 56.1 Å². The summed E-state index contributed by atoms with van der Waals surface area (Å²) < 4.78 is 6.96. The van der Waals surface area contributed by atoms with Gasteiger partial charge in [-0.1, -0.05) is 54.6 Å². The zero-order valence-corrected chi connectivity index (χ0v) is 25.0. The molecule has 0 saturated carbocycles. The predicted octanol–water partition coefficient (Wildman–Crippen LogP) is 9.78. The van der Waals surface area contributed by atoms with Crippen LogP contribution < -0.4 is 0 Å². The lowest BCUT2D eigenvalue weighted by Crippen LogP contribution is -1.96. The molecule has 0 radical (unpaired) electrons. The minimum atomic E-state index is 0.876. The van der Waals surface area contributed by atoms with Crippen molar-refractivity contribution in [2.75, 3.05) is 0 Å². The first-order chi connectivity index (χ1) is 23.3. The predicted molar refractivity (Wildman–Crippen MR) is 192 cm³/mol. The first-order valence-corrected chi connectivity index (χ1v) is 15.8. The van der Waals surface area contributed by atoms with Gasteiger partial charge < -0.3 is 9.13 Å². The fourth-order valence-corrected chi connectivity index (χ4v) is 7.75. The van der Waals surface area contributed by atoms with Gasteiger partial charge in [0.15, 0.2) is 0 Å². The molecular formula is C41H24N6. The molecule has 6 heteroatoms. The van der Waals surface area contributed by atoms with Crippen LogP contribution in [0, 0.1) is 0 Å². The Morgan fingerprint density at radius 3 is 1.83 bits per heavy atom. The first kappa shape index (κ1) is 24.8. The lowest BCUT2D eigenvalue weighted by molar-refractivity contribution is 1.17. The van der Waals surface area contributed by atoms with Crippen LogP contribution in [0.5, 0.6) is 0 Å². The third kappa shape index (κ3) is 3.26. The average molecular weight is 601 g/mol. The van der Waals surface area contributed by atoms with Crippen molar-refractivity contribution in [1.82, 2.24) is 28.5 Å². The van der Waals surface area contributed by atoms with Crippen molar-refractivity contribution in [3.63, 3.8) is 0 Å². The topological polar surface area (TPSA) is 52.9 Å². The van der Waals surface area contributed by atoms with E-state index >= 15 is 0 Å². The molecular weight excluding hydrogens is 576 g/mol. The SMILES string of the molecule is c1ccc(-n2c3ccccc3c3cc4c5cc6c(cc5n(-c5ccccc5)c4cc32)c2cccnc2n2c3cnccc3nc62)cc1. The Hall–Kier alpha value is -6.53. The van der Waals surface area contributed by atoms with Crippen LogP contribution in [0.4, 0.5) is 0 Å². The van der Waals surface area contributed by atoms with Gasteiger partial charge in [0.1, 0.15) is 11.3 Å². The van der Waals surface area contributed by atoms with E-state index in [2.05, 4.69) is 134 Å². The van der Waals surface area contributed by atoms with Crippen LogP contribution in [0.15, 0.2) is 146 Å². The van der Waals surface area contributed by atoms with Gasteiger partial charge in [0.25, 0.3) is 0 Å². The molecule has 6 heterocycles. The lowest BCUT2D eigenvalue weighted by atomic mass is 10.0. The molecule has 0 aliphatic rings. The highest BCUT2D eigenvalue weighted by atomic mass is 15.1. The van der Waals surface area contributed by atoms with Gasteiger partial charge in [-0.3, -0.25) is 9.38 Å². The smallest absolute Gasteiger partial charge is 0.147 e. The zero-order chi connectivity index (χ0) is 30.6. The average Bonchev–Trinajstić information content (AvgIpc) is 3.78. The van der Waals surface area contributed by atoms with Crippen LogP contribution in [-0.4, -0.2) is 28.5 Å². The molecule has 5 aromatic carbocycles. The molecule has 0 amide bonds. The largest absolute Gasteiger partial charge is 0.309 e. The number of nitrogens with zero attached hydrogens (tertiary/aromatic N) is 6. The second-order valence-electron chi connectivity index (χ2n) is 12.2. The van der Waals surface area contributed by atoms with Crippen molar-refractivity contribution >= 4 is 82.1 Å². The van der Waals surface area contributed by atoms with E-state index < -0.39 is 0 Å². The summed E-state index contributed by atoms with van der Waals surface area (Å²) in [6.45, 7) is 0. The van der Waals surface area contributed by atoms with E-state index in [9.17, 15) is 0 Å². The normalized spacial score (nSPS) is 12.3. The second kappa shape index (κ2) is 9.02. The van der Waals surface area contributed by atoms with Crippen molar-refractivity contribution < 1.29 is 0 Å². The number of para-hydroxylation sites is 3. The maximum absolute atomic E-state index is 5.15. The number of benzene rings is 5. The van der Waals surface area contributed by atoms with Gasteiger partial charge in [0.2, 0.25) is 0 Å². The van der Waals surface area contributed by atoms with Crippen molar-refractivity contribution in [2.24, 2.45) is 0 Å². The van der Waals surface area contributed by atoms with E-state index in [-0.39, 0.29) is 0 Å². The van der Waals surface area contributed by atoms with Crippen LogP contribution in [0.2, 0.25) is 0 Å². The van der Waals surface area contributed by atoms with Crippen molar-refractivity contribution in [3.8, 4) is 11.4 Å². The van der Waals surface area contributed by atoms with Gasteiger partial charge in [-0.2, -0.15) is 0 Å². The quantitative estimate of drug-likeness (QED) is 0.186. The molecule has 0 aliphatic heterocycles. The van der Waals surface area contributed by atoms with E-state index in [4.69, 9.17) is 9.97 Å². The fraction of sp³-hybridized carbons (Fsp3) is 0. The molecule has 0 aliphatic carbocycles. The number of hydrogen-bond donors (Lipinski definition) is 0. The maximum atomic E-state index is 5.15. The Morgan fingerprint density at radius 1 is 0.404 bits per heavy atom. The van der Waals surface area contributed by atoms with Gasteiger partial charge in [0.05, 0.1) is 39.3 Å². The molecule has 0 atom stereocenters. The molecule has 6 aromatic heterocycles. The van der Waals surface area contributed by atoms with Gasteiger partial charge in [-0.05, 0) is 78.2 Å². The third-order valence-electron chi connectivity index (χ3n) is 9.71. The van der Waals surface area contributed by atoms with Crippen molar-refractivity contribution in [2.45, 2.75) is 0 Å². The van der Waals surface area contributed by atoms with Crippen LogP contribution in [0.1, 0.15) is 0 Å². The number of imidazole rings is 1. The molecule has 0 unspecified atom stereocenters. The maximum Gasteiger partial charge on any atom is 0.147 e. The molecule has 0 spiro atoms. The summed E-state index contributed by atoms with van der Waals surface area (Å²) >= 11 is 0. The van der Waals surface area contributed by atoms with E-state index in [1.54, 1.807) is 6.20 Å². The number of hydrogen-bond acceptors (Lipinski definition) is 3. The van der Waals surface area contributed by atoms with E-state index in [1.807, 2.05) is 24.5 Å². The van der Waals surface area contributed by atoms with Gasteiger partial charge in [-0.25, -0.2) is 9.97 Å². The molecule has 218 valence electrons. The number of rotatable bonds is 2. The second-order valence-corrected chi connectivity index (χ2v) is 12.2. The summed E-state index contributed by atoms with van der Waals surface area (Å²) in [4.78, 5) is 14.4. The monoisotopic (exact) mass is 600 g/mol. The lowest BCUT2D eigenvalue weighted by Gasteiger charge is -2.11. The standard InChI is InChI=1S/C41H24N6/c1-3-10-25(11-4-1)45-35-16-8-7-14-27(35)30-20-31-32-21-33-29(22-36(32)46(38(31)23-37(30)45)26-12-5-2-6-13-26)28-15-9-18-43-40(28)47-39-24-42-19-17-34(39)44-41(33)47/h1-24H. The minimum Gasteiger partial charge on any atom is -0.309 e. The van der Waals surface area contributed by atoms with Crippen LogP contribution >= 0.6 is 0 Å². The molecule has 0 N–H and O–H groups in total. The van der Waals surface area contributed by atoms with E-state index in [1.165, 1.54) is 32.6 Å². The summed E-state index contributed by atoms with van der Waals surface area (Å²) in [5.41, 5.74) is 10.6. The highest BCUT2D eigenvalue weighted by molar-refractivity contribution is 6.24. The zero-order valence-electron chi connectivity index (χ0n) is 25.0. The molecule has 0 bridgehead atoms. The van der Waals surface area contributed by atoms with E-state index in [0.29, 0.717) is 0 Å². The molecule has 6 nitrogen and oxygen atoms in total. The number of aromatic nitrogens is 6. The Bertz CT molecular complexity index is 3060. The van der Waals surface area contributed by atoms with Gasteiger partial charge >= 0.3 is 0 Å². The number of fused-ring (bicyclic) bond motifs is 14. The molecule has 11 aromatic rings. The summed E-state index contributed by atoms with van der Waals surface area (Å²) in [7, 11) is 0. The van der Waals surface area contributed by atoms with Crippen molar-refractivity contribution in [3.05, 3.63) is 146 Å². The molecule has 0 fully saturated rings. The van der Waals surface area contributed by atoms with Crippen LogP contribution in [-0.2, 0) is 0 Å². The highest BCUT2D eigenvalue weighted by Crippen LogP contribution is 2.42. The molecule has 11 rings (SSSR count). The van der Waals surface area contributed by atoms with Crippen molar-refractivity contribution in [1.29, 1.82) is 0 Å². The molecule has 47 heavy (non-hydrogen) atoms. The Kier molecular flexibility index (Phi) is 4.75. The van der Waals surface area contributed by atoms with Crippen LogP contribution in [0.3, 0.4) is 0 Å². The highest BCUT2D eigenvalue weighted by Gasteiger charge is 2.21. The molecule has 0 saturated heterocycles.